The predicted molar refractivity (Wildman–Crippen MR) is 144 cm³/mol. The normalized spacial score (nSPS) is 35.9. The van der Waals surface area contributed by atoms with Crippen molar-refractivity contribution in [1.29, 1.82) is 0 Å². The maximum Gasteiger partial charge on any atom is 0.184 e. The first-order valence-electron chi connectivity index (χ1n) is 13.3. The Hall–Kier alpha value is -3.91. The molecule has 42 heavy (non-hydrogen) atoms. The van der Waals surface area contributed by atoms with Crippen LogP contribution >= 0.6 is 0 Å². The largest absolute Gasteiger partial charge is 0.390 e. The van der Waals surface area contributed by atoms with Crippen LogP contribution in [0.2, 0.25) is 0 Å². The first-order valence-corrected chi connectivity index (χ1v) is 13.3. The Morgan fingerprint density at radius 1 is 0.810 bits per heavy atom. The molecule has 16 nitrogen and oxygen atoms in total. The number of ether oxygens (including phenoxy) is 5. The van der Waals surface area contributed by atoms with Gasteiger partial charge in [-0.25, -0.2) is 0 Å². The average Bonchev–Trinajstić information content (AvgIpc) is 3.01. The van der Waals surface area contributed by atoms with Crippen LogP contribution in [0.4, 0.5) is 0 Å². The van der Waals surface area contributed by atoms with Crippen molar-refractivity contribution in [2.24, 2.45) is 15.3 Å². The van der Waals surface area contributed by atoms with E-state index in [4.69, 9.17) is 29.2 Å². The van der Waals surface area contributed by atoms with Crippen molar-refractivity contribution in [3.05, 3.63) is 103 Å². The summed E-state index contributed by atoms with van der Waals surface area (Å²) in [6, 6.07) is 15.2. The first kappa shape index (κ1) is 29.6. The predicted octanol–water partition coefficient (Wildman–Crippen LogP) is 3.96. The second-order valence-electron chi connectivity index (χ2n) is 10.0. The van der Waals surface area contributed by atoms with Gasteiger partial charge < -0.3 is 33.9 Å². The van der Waals surface area contributed by atoms with Crippen LogP contribution < -0.4 is 0 Å². The molecule has 2 aliphatic heterocycles. The van der Waals surface area contributed by atoms with Crippen LogP contribution in [0.1, 0.15) is 23.8 Å². The summed E-state index contributed by atoms with van der Waals surface area (Å²) in [6.45, 7) is 0.124. The lowest BCUT2D eigenvalue weighted by atomic mass is 9.84. The van der Waals surface area contributed by atoms with Gasteiger partial charge in [-0.15, -0.1) is 0 Å². The van der Waals surface area contributed by atoms with E-state index in [1.54, 1.807) is 0 Å². The van der Waals surface area contributed by atoms with Gasteiger partial charge in [-0.3, -0.25) is 0 Å². The number of rotatable bonds is 9. The molecule has 3 fully saturated rings. The van der Waals surface area contributed by atoms with Gasteiger partial charge in [-0.2, -0.15) is 0 Å². The molecule has 0 aromatic heterocycles. The van der Waals surface area contributed by atoms with Gasteiger partial charge in [0, 0.05) is 20.3 Å². The first-order chi connectivity index (χ1) is 20.5. The minimum absolute atomic E-state index is 0.00616. The van der Waals surface area contributed by atoms with Crippen LogP contribution in [0.5, 0.6) is 0 Å². The van der Waals surface area contributed by atoms with Crippen LogP contribution in [0.25, 0.3) is 31.3 Å². The highest BCUT2D eigenvalue weighted by Crippen LogP contribution is 2.38. The van der Waals surface area contributed by atoms with Crippen LogP contribution in [-0.4, -0.2) is 77.9 Å². The monoisotopic (exact) mass is 579 g/mol. The number of benzene rings is 2. The number of fused-ring (bicyclic) bond motifs is 1. The molecule has 0 amide bonds. The molecular weight excluding hydrogens is 550 g/mol. The molecule has 1 saturated carbocycles. The van der Waals surface area contributed by atoms with Crippen LogP contribution in [0.15, 0.2) is 76.0 Å². The molecule has 1 aliphatic carbocycles. The molecule has 3 aliphatic rings. The van der Waals surface area contributed by atoms with E-state index in [9.17, 15) is 21.3 Å². The van der Waals surface area contributed by atoms with Crippen LogP contribution in [-0.2, 0) is 30.3 Å². The summed E-state index contributed by atoms with van der Waals surface area (Å²) in [5, 5.41) is 33.9. The van der Waals surface area contributed by atoms with Crippen molar-refractivity contribution in [3.63, 3.8) is 0 Å². The summed E-state index contributed by atoms with van der Waals surface area (Å²) in [6.07, 6.45) is -8.98. The number of hydrogen-bond donors (Lipinski definition) is 2. The molecule has 5 unspecified atom stereocenters. The van der Waals surface area contributed by atoms with Crippen molar-refractivity contribution in [1.82, 2.24) is 0 Å². The quantitative estimate of drug-likeness (QED) is 0.252. The van der Waals surface area contributed by atoms with E-state index in [0.29, 0.717) is 0 Å². The van der Waals surface area contributed by atoms with Gasteiger partial charge in [-0.1, -0.05) is 76.0 Å². The molecule has 5 rings (SSSR count). The van der Waals surface area contributed by atoms with Crippen molar-refractivity contribution < 1.29 is 33.9 Å². The molecule has 0 radical (unpaired) electrons. The van der Waals surface area contributed by atoms with Gasteiger partial charge in [0.25, 0.3) is 0 Å². The zero-order chi connectivity index (χ0) is 29.5. The van der Waals surface area contributed by atoms with E-state index in [1.165, 1.54) is 0 Å². The summed E-state index contributed by atoms with van der Waals surface area (Å²) >= 11 is 0. The van der Waals surface area contributed by atoms with Gasteiger partial charge in [-0.05, 0) is 28.6 Å². The highest BCUT2D eigenvalue weighted by Gasteiger charge is 2.53. The van der Waals surface area contributed by atoms with E-state index in [-0.39, 0.29) is 19.6 Å². The zero-order valence-corrected chi connectivity index (χ0v) is 22.2. The Labute approximate surface area is 239 Å². The van der Waals surface area contributed by atoms with Gasteiger partial charge in [0.1, 0.15) is 24.4 Å². The summed E-state index contributed by atoms with van der Waals surface area (Å²) in [7, 11) is 0. The lowest BCUT2D eigenvalue weighted by Gasteiger charge is -2.49. The highest BCUT2D eigenvalue weighted by molar-refractivity contribution is 5.17. The second-order valence-corrected chi connectivity index (χ2v) is 10.0. The van der Waals surface area contributed by atoms with Crippen molar-refractivity contribution in [3.8, 4) is 0 Å². The fraction of sp³-hybridized carbons (Fsp3) is 0.538. The van der Waals surface area contributed by atoms with E-state index in [1.807, 2.05) is 60.7 Å². The Morgan fingerprint density at radius 2 is 1.45 bits per heavy atom. The Bertz CT molecular complexity index is 1340. The van der Waals surface area contributed by atoms with E-state index in [0.717, 1.165) is 11.1 Å². The summed E-state index contributed by atoms with van der Waals surface area (Å²) in [4.78, 5) is 8.59. The smallest absolute Gasteiger partial charge is 0.184 e. The Morgan fingerprint density at radius 3 is 2.12 bits per heavy atom. The lowest BCUT2D eigenvalue weighted by Crippen LogP contribution is -2.64. The molecule has 2 aromatic rings. The third kappa shape index (κ3) is 6.44. The van der Waals surface area contributed by atoms with E-state index in [2.05, 4.69) is 30.1 Å². The van der Waals surface area contributed by atoms with Crippen molar-refractivity contribution in [2.75, 3.05) is 6.61 Å². The molecular formula is C26H29N9O7. The fourth-order valence-electron chi connectivity index (χ4n) is 5.47. The number of aliphatic hydroxyl groups is 2. The third-order valence-electron chi connectivity index (χ3n) is 7.48. The van der Waals surface area contributed by atoms with Crippen LogP contribution in [0, 0.1) is 0 Å². The topological polar surface area (TPSA) is 233 Å². The Balaban J connectivity index is 1.36. The van der Waals surface area contributed by atoms with Gasteiger partial charge >= 0.3 is 0 Å². The summed E-state index contributed by atoms with van der Waals surface area (Å²) in [5.41, 5.74) is 29.2. The molecule has 220 valence electrons. The summed E-state index contributed by atoms with van der Waals surface area (Å²) < 4.78 is 30.0. The maximum atomic E-state index is 11.4. The molecule has 0 spiro atoms. The third-order valence-corrected chi connectivity index (χ3v) is 7.48. The maximum absolute atomic E-state index is 11.4. The molecule has 2 saturated heterocycles. The molecule has 2 aromatic carbocycles. The SMILES string of the molecule is [N-]=[N+]=NC1[C@@H](O[C@@H]2C(N=[N+]=[N-])C[C@@H](N=[N+]=[N-])C(OCc3ccccc3)[C@H]2O)OC2COC(c3ccccc3)O[C@H]2[C@@H]1O. The fourth-order valence-corrected chi connectivity index (χ4v) is 5.47. The van der Waals surface area contributed by atoms with E-state index < -0.39 is 67.3 Å². The molecule has 2 heterocycles. The average molecular weight is 580 g/mol. The molecule has 16 heteroatoms. The van der Waals surface area contributed by atoms with E-state index >= 15 is 0 Å². The van der Waals surface area contributed by atoms with Crippen LogP contribution in [0.3, 0.4) is 0 Å². The molecule has 2 N–H and O–H groups in total. The molecule has 0 bridgehead atoms. The number of hydrogen-bond acceptors (Lipinski definition) is 10. The molecule has 11 atom stereocenters. The van der Waals surface area contributed by atoms with Gasteiger partial charge in [0.2, 0.25) is 0 Å². The standard InChI is InChI=1S/C26H29N9O7/c27-33-30-16-11-17(31-34-28)23(21(37)22(16)38-12-14-7-3-1-4-8-14)41-26-19(32-35-29)20(36)24-18(40-26)13-39-25(42-24)15-9-5-2-6-10-15/h1-10,16-26,36-37H,11-13H2/t16-,17?,18?,19?,20-,21-,22?,23-,24-,25?,26-/m1/s1. The number of nitrogens with zero attached hydrogens (tertiary/aromatic N) is 9. The minimum Gasteiger partial charge on any atom is -0.390 e. The second kappa shape index (κ2) is 13.8. The Kier molecular flexibility index (Phi) is 9.74. The highest BCUT2D eigenvalue weighted by atomic mass is 16.7. The van der Waals surface area contributed by atoms with Gasteiger partial charge in [0.15, 0.2) is 12.6 Å². The number of azide groups is 3. The van der Waals surface area contributed by atoms with Gasteiger partial charge in [0.05, 0.1) is 43.6 Å². The summed E-state index contributed by atoms with van der Waals surface area (Å²) in [5.74, 6) is 0. The zero-order valence-electron chi connectivity index (χ0n) is 22.2. The minimum atomic E-state index is -1.46. The number of aliphatic hydroxyl groups excluding tert-OH is 2. The lowest BCUT2D eigenvalue weighted by molar-refractivity contribution is -0.352. The van der Waals surface area contributed by atoms with Crippen molar-refractivity contribution in [2.45, 2.75) is 80.4 Å². The van der Waals surface area contributed by atoms with Crippen molar-refractivity contribution >= 4 is 0 Å².